The second-order valence-corrected chi connectivity index (χ2v) is 6.08. The van der Waals surface area contributed by atoms with E-state index in [0.29, 0.717) is 22.0 Å². The minimum atomic E-state index is -0.432. The standard InChI is InChI=1S/C17H15N5O2S/c18-15(23)11-25-14-5-2-1-4-13(14)17(24)21-12-6-7-16(19-10-12)22-9-3-8-20-22/h1-10H,11H2,(H2,18,23)(H,21,24). The van der Waals surface area contributed by atoms with Crippen molar-refractivity contribution in [2.24, 2.45) is 5.73 Å². The van der Waals surface area contributed by atoms with E-state index in [0.717, 1.165) is 0 Å². The van der Waals surface area contributed by atoms with E-state index >= 15 is 0 Å². The molecule has 0 saturated heterocycles. The van der Waals surface area contributed by atoms with E-state index in [2.05, 4.69) is 15.4 Å². The van der Waals surface area contributed by atoms with Crippen LogP contribution < -0.4 is 11.1 Å². The maximum absolute atomic E-state index is 12.5. The SMILES string of the molecule is NC(=O)CSc1ccccc1C(=O)Nc1ccc(-n2cccn2)nc1. The zero-order valence-corrected chi connectivity index (χ0v) is 13.9. The molecule has 0 aliphatic heterocycles. The van der Waals surface area contributed by atoms with Gasteiger partial charge in [0, 0.05) is 17.3 Å². The molecule has 0 unspecified atom stereocenters. The van der Waals surface area contributed by atoms with Crippen LogP contribution in [0, 0.1) is 0 Å². The van der Waals surface area contributed by atoms with Gasteiger partial charge in [0.1, 0.15) is 0 Å². The number of nitrogens with zero attached hydrogens (tertiary/aromatic N) is 3. The van der Waals surface area contributed by atoms with Crippen LogP contribution in [-0.4, -0.2) is 32.3 Å². The van der Waals surface area contributed by atoms with Crippen molar-refractivity contribution in [3.05, 3.63) is 66.6 Å². The lowest BCUT2D eigenvalue weighted by Gasteiger charge is -2.09. The summed E-state index contributed by atoms with van der Waals surface area (Å²) in [7, 11) is 0. The Morgan fingerprint density at radius 1 is 1.16 bits per heavy atom. The Hall–Kier alpha value is -3.13. The molecule has 0 spiro atoms. The van der Waals surface area contributed by atoms with Crippen LogP contribution in [0.25, 0.3) is 5.82 Å². The normalized spacial score (nSPS) is 10.4. The van der Waals surface area contributed by atoms with Gasteiger partial charge in [0.25, 0.3) is 5.91 Å². The summed E-state index contributed by atoms with van der Waals surface area (Å²) in [5.41, 5.74) is 6.21. The Kier molecular flexibility index (Phi) is 5.10. The van der Waals surface area contributed by atoms with Crippen molar-refractivity contribution in [2.45, 2.75) is 4.90 Å². The first-order valence-corrected chi connectivity index (χ1v) is 8.39. The maximum Gasteiger partial charge on any atom is 0.256 e. The van der Waals surface area contributed by atoms with Gasteiger partial charge in [-0.05, 0) is 30.3 Å². The van der Waals surface area contributed by atoms with E-state index in [1.165, 1.54) is 11.8 Å². The molecule has 0 aliphatic carbocycles. The highest BCUT2D eigenvalue weighted by atomic mass is 32.2. The van der Waals surface area contributed by atoms with Gasteiger partial charge in [-0.3, -0.25) is 9.59 Å². The summed E-state index contributed by atoms with van der Waals surface area (Å²) in [6.07, 6.45) is 5.01. The lowest BCUT2D eigenvalue weighted by molar-refractivity contribution is -0.115. The van der Waals surface area contributed by atoms with Gasteiger partial charge in [0.05, 0.1) is 23.2 Å². The van der Waals surface area contributed by atoms with E-state index < -0.39 is 5.91 Å². The summed E-state index contributed by atoms with van der Waals surface area (Å²) < 4.78 is 1.63. The van der Waals surface area contributed by atoms with E-state index in [1.54, 1.807) is 65.7 Å². The summed E-state index contributed by atoms with van der Waals surface area (Å²) in [4.78, 5) is 28.4. The van der Waals surface area contributed by atoms with Crippen molar-refractivity contribution in [3.8, 4) is 5.82 Å². The van der Waals surface area contributed by atoms with Gasteiger partial charge >= 0.3 is 0 Å². The number of hydrogen-bond acceptors (Lipinski definition) is 5. The van der Waals surface area contributed by atoms with Crippen LogP contribution in [0.5, 0.6) is 0 Å². The molecule has 1 aromatic carbocycles. The molecule has 2 aromatic heterocycles. The van der Waals surface area contributed by atoms with Crippen molar-refractivity contribution < 1.29 is 9.59 Å². The molecular weight excluding hydrogens is 338 g/mol. The molecule has 3 rings (SSSR count). The predicted octanol–water partition coefficient (Wildman–Crippen LogP) is 2.10. The molecule has 0 radical (unpaired) electrons. The number of carbonyl (C=O) groups is 2. The van der Waals surface area contributed by atoms with E-state index in [9.17, 15) is 9.59 Å². The second kappa shape index (κ2) is 7.63. The third-order valence-electron chi connectivity index (χ3n) is 3.25. The number of anilines is 1. The molecule has 2 heterocycles. The first-order valence-electron chi connectivity index (χ1n) is 7.41. The highest BCUT2D eigenvalue weighted by Crippen LogP contribution is 2.23. The average molecular weight is 353 g/mol. The molecule has 3 N–H and O–H groups in total. The number of nitrogens with two attached hydrogens (primary N) is 1. The predicted molar refractivity (Wildman–Crippen MR) is 95.7 cm³/mol. The summed E-state index contributed by atoms with van der Waals surface area (Å²) in [5.74, 6) is 0.0602. The van der Waals surface area contributed by atoms with Crippen LogP contribution in [0.15, 0.2) is 66.0 Å². The van der Waals surface area contributed by atoms with E-state index in [-0.39, 0.29) is 11.7 Å². The molecule has 8 heteroatoms. The number of hydrogen-bond donors (Lipinski definition) is 2. The fourth-order valence-electron chi connectivity index (χ4n) is 2.13. The smallest absolute Gasteiger partial charge is 0.256 e. The number of nitrogens with one attached hydrogen (secondary N) is 1. The van der Waals surface area contributed by atoms with Crippen LogP contribution in [0.3, 0.4) is 0 Å². The highest BCUT2D eigenvalue weighted by molar-refractivity contribution is 8.00. The number of carbonyl (C=O) groups excluding carboxylic acids is 2. The van der Waals surface area contributed by atoms with E-state index in [1.807, 2.05) is 0 Å². The van der Waals surface area contributed by atoms with Crippen molar-refractivity contribution in [2.75, 3.05) is 11.1 Å². The largest absolute Gasteiger partial charge is 0.369 e. The van der Waals surface area contributed by atoms with Gasteiger partial charge in [-0.2, -0.15) is 5.10 Å². The number of thioether (sulfide) groups is 1. The van der Waals surface area contributed by atoms with Gasteiger partial charge in [-0.15, -0.1) is 11.8 Å². The second-order valence-electron chi connectivity index (χ2n) is 5.06. The third-order valence-corrected chi connectivity index (χ3v) is 4.34. The molecule has 7 nitrogen and oxygen atoms in total. The quantitative estimate of drug-likeness (QED) is 0.661. The van der Waals surface area contributed by atoms with Crippen LogP contribution >= 0.6 is 11.8 Å². The number of aromatic nitrogens is 3. The Morgan fingerprint density at radius 3 is 2.68 bits per heavy atom. The molecule has 0 fully saturated rings. The molecule has 0 aliphatic rings. The summed E-state index contributed by atoms with van der Waals surface area (Å²) in [6, 6.07) is 12.4. The number of rotatable bonds is 6. The third kappa shape index (κ3) is 4.24. The van der Waals surface area contributed by atoms with Gasteiger partial charge in [0.15, 0.2) is 5.82 Å². The number of pyridine rings is 1. The van der Waals surface area contributed by atoms with E-state index in [4.69, 9.17) is 5.73 Å². The summed E-state index contributed by atoms with van der Waals surface area (Å²) in [5, 5.41) is 6.90. The van der Waals surface area contributed by atoms with Gasteiger partial charge in [-0.1, -0.05) is 12.1 Å². The minimum Gasteiger partial charge on any atom is -0.369 e. The van der Waals surface area contributed by atoms with Crippen LogP contribution in [0.4, 0.5) is 5.69 Å². The lowest BCUT2D eigenvalue weighted by Crippen LogP contribution is -2.15. The molecule has 25 heavy (non-hydrogen) atoms. The van der Waals surface area contributed by atoms with Crippen molar-refractivity contribution in [3.63, 3.8) is 0 Å². The Bertz CT molecular complexity index is 878. The highest BCUT2D eigenvalue weighted by Gasteiger charge is 2.12. The monoisotopic (exact) mass is 353 g/mol. The van der Waals surface area contributed by atoms with Gasteiger partial charge in [-0.25, -0.2) is 9.67 Å². The van der Waals surface area contributed by atoms with Crippen molar-refractivity contribution in [1.82, 2.24) is 14.8 Å². The zero-order chi connectivity index (χ0) is 17.6. The molecule has 2 amide bonds. The molecular formula is C17H15N5O2S. The van der Waals surface area contributed by atoms with Crippen molar-refractivity contribution >= 4 is 29.3 Å². The molecule has 126 valence electrons. The average Bonchev–Trinajstić information content (AvgIpc) is 3.15. The van der Waals surface area contributed by atoms with Crippen LogP contribution in [0.1, 0.15) is 10.4 Å². The van der Waals surface area contributed by atoms with Gasteiger partial charge in [0.2, 0.25) is 5.91 Å². The molecule has 0 bridgehead atoms. The Labute approximate surface area is 148 Å². The molecule has 0 atom stereocenters. The summed E-state index contributed by atoms with van der Waals surface area (Å²) >= 11 is 1.23. The first-order chi connectivity index (χ1) is 12.1. The minimum absolute atomic E-state index is 0.115. The maximum atomic E-state index is 12.5. The summed E-state index contributed by atoms with van der Waals surface area (Å²) in [6.45, 7) is 0. The van der Waals surface area contributed by atoms with Gasteiger partial charge < -0.3 is 11.1 Å². The van der Waals surface area contributed by atoms with Crippen LogP contribution in [0.2, 0.25) is 0 Å². The molecule has 3 aromatic rings. The number of primary amides is 1. The fourth-order valence-corrected chi connectivity index (χ4v) is 2.92. The molecule has 0 saturated carbocycles. The Balaban J connectivity index is 1.73. The fraction of sp³-hybridized carbons (Fsp3) is 0.0588. The van der Waals surface area contributed by atoms with Crippen LogP contribution in [-0.2, 0) is 4.79 Å². The zero-order valence-electron chi connectivity index (χ0n) is 13.1. The Morgan fingerprint density at radius 2 is 2.00 bits per heavy atom. The topological polar surface area (TPSA) is 103 Å². The lowest BCUT2D eigenvalue weighted by atomic mass is 10.2. The first kappa shape index (κ1) is 16.7. The number of amides is 2. The number of benzene rings is 1. The van der Waals surface area contributed by atoms with Crippen molar-refractivity contribution in [1.29, 1.82) is 0 Å².